The zero-order chi connectivity index (χ0) is 18.2. The summed E-state index contributed by atoms with van der Waals surface area (Å²) in [5.74, 6) is 1.43. The van der Waals surface area contributed by atoms with Gasteiger partial charge in [-0.25, -0.2) is 4.39 Å². The number of hydrogen-bond acceptors (Lipinski definition) is 5. The predicted octanol–water partition coefficient (Wildman–Crippen LogP) is 4.17. The fourth-order valence-corrected chi connectivity index (χ4v) is 3.69. The molecule has 5 nitrogen and oxygen atoms in total. The van der Waals surface area contributed by atoms with Gasteiger partial charge in [0.25, 0.3) is 0 Å². The summed E-state index contributed by atoms with van der Waals surface area (Å²) in [6.45, 7) is 10.4. The minimum atomic E-state index is -0.362. The Balaban J connectivity index is 1.80. The highest BCUT2D eigenvalue weighted by Gasteiger charge is 2.27. The van der Waals surface area contributed by atoms with Gasteiger partial charge in [0.2, 0.25) is 0 Å². The SMILES string of the molecule is COc1c(Br)cc(F)cc1-c1cc(N2CCN(C(C)(C)C)CC2)no1. The average Bonchev–Trinajstić information content (AvgIpc) is 3.03. The standard InChI is InChI=1S/C18H23BrFN3O2/c1-18(2,3)23-7-5-22(6-8-23)16-11-15(25-21-16)13-9-12(20)10-14(19)17(13)24-4/h9-11H,5-8H2,1-4H3. The number of methoxy groups -OCH3 is 1. The number of ether oxygens (including phenoxy) is 1. The molecule has 1 aliphatic rings. The molecule has 25 heavy (non-hydrogen) atoms. The van der Waals surface area contributed by atoms with Crippen LogP contribution in [-0.4, -0.2) is 48.9 Å². The van der Waals surface area contributed by atoms with Gasteiger partial charge in [-0.05, 0) is 48.8 Å². The van der Waals surface area contributed by atoms with Gasteiger partial charge in [-0.15, -0.1) is 0 Å². The first-order valence-corrected chi connectivity index (χ1v) is 9.09. The monoisotopic (exact) mass is 411 g/mol. The molecule has 0 bridgehead atoms. The first-order chi connectivity index (χ1) is 11.8. The molecular weight excluding hydrogens is 389 g/mol. The second-order valence-corrected chi connectivity index (χ2v) is 8.02. The molecular formula is C18H23BrFN3O2. The maximum Gasteiger partial charge on any atom is 0.172 e. The third kappa shape index (κ3) is 3.82. The molecule has 1 aromatic heterocycles. The molecule has 0 atom stereocenters. The average molecular weight is 412 g/mol. The Hall–Kier alpha value is -1.60. The van der Waals surface area contributed by atoms with Crippen molar-refractivity contribution in [3.63, 3.8) is 0 Å². The second-order valence-electron chi connectivity index (χ2n) is 7.16. The molecule has 0 saturated carbocycles. The Labute approximate surface area is 155 Å². The van der Waals surface area contributed by atoms with E-state index >= 15 is 0 Å². The minimum Gasteiger partial charge on any atom is -0.495 e. The van der Waals surface area contributed by atoms with Crippen LogP contribution in [0.3, 0.4) is 0 Å². The number of nitrogens with zero attached hydrogens (tertiary/aromatic N) is 3. The summed E-state index contributed by atoms with van der Waals surface area (Å²) in [6.07, 6.45) is 0. The highest BCUT2D eigenvalue weighted by Crippen LogP contribution is 2.38. The van der Waals surface area contributed by atoms with Gasteiger partial charge in [-0.1, -0.05) is 5.16 Å². The molecule has 0 unspecified atom stereocenters. The maximum atomic E-state index is 13.8. The summed E-state index contributed by atoms with van der Waals surface area (Å²) in [4.78, 5) is 4.65. The van der Waals surface area contributed by atoms with E-state index in [1.807, 2.05) is 6.07 Å². The van der Waals surface area contributed by atoms with Crippen molar-refractivity contribution >= 4 is 21.7 Å². The largest absolute Gasteiger partial charge is 0.495 e. The van der Waals surface area contributed by atoms with E-state index in [1.54, 1.807) is 7.11 Å². The highest BCUT2D eigenvalue weighted by molar-refractivity contribution is 9.10. The quantitative estimate of drug-likeness (QED) is 0.757. The van der Waals surface area contributed by atoms with E-state index < -0.39 is 0 Å². The number of benzene rings is 1. The molecule has 1 saturated heterocycles. The predicted molar refractivity (Wildman–Crippen MR) is 99.7 cm³/mol. The van der Waals surface area contributed by atoms with Crippen molar-refractivity contribution in [3.05, 3.63) is 28.5 Å². The number of rotatable bonds is 3. The Morgan fingerprint density at radius 2 is 1.84 bits per heavy atom. The Morgan fingerprint density at radius 3 is 2.44 bits per heavy atom. The number of anilines is 1. The van der Waals surface area contributed by atoms with Crippen molar-refractivity contribution in [1.82, 2.24) is 10.1 Å². The van der Waals surface area contributed by atoms with Gasteiger partial charge in [0.15, 0.2) is 11.6 Å². The van der Waals surface area contributed by atoms with E-state index in [2.05, 4.69) is 51.7 Å². The molecule has 1 aromatic carbocycles. The molecule has 2 aromatic rings. The zero-order valence-corrected chi connectivity index (χ0v) is 16.6. The highest BCUT2D eigenvalue weighted by atomic mass is 79.9. The van der Waals surface area contributed by atoms with Crippen molar-refractivity contribution in [2.45, 2.75) is 26.3 Å². The van der Waals surface area contributed by atoms with Gasteiger partial charge in [0, 0.05) is 37.8 Å². The van der Waals surface area contributed by atoms with Gasteiger partial charge in [-0.3, -0.25) is 4.90 Å². The van der Waals surface area contributed by atoms with Crippen LogP contribution in [0.25, 0.3) is 11.3 Å². The van der Waals surface area contributed by atoms with Crippen LogP contribution in [0.5, 0.6) is 5.75 Å². The topological polar surface area (TPSA) is 41.7 Å². The van der Waals surface area contributed by atoms with Gasteiger partial charge in [-0.2, -0.15) is 0 Å². The van der Waals surface area contributed by atoms with Gasteiger partial charge >= 0.3 is 0 Å². The first-order valence-electron chi connectivity index (χ1n) is 8.29. The summed E-state index contributed by atoms with van der Waals surface area (Å²) < 4.78 is 25.2. The third-order valence-electron chi connectivity index (χ3n) is 4.53. The van der Waals surface area contributed by atoms with Crippen molar-refractivity contribution in [3.8, 4) is 17.1 Å². The van der Waals surface area contributed by atoms with Crippen molar-refractivity contribution < 1.29 is 13.7 Å². The molecule has 1 fully saturated rings. The van der Waals surface area contributed by atoms with Crippen molar-refractivity contribution in [2.24, 2.45) is 0 Å². The summed E-state index contributed by atoms with van der Waals surface area (Å²) >= 11 is 3.32. The summed E-state index contributed by atoms with van der Waals surface area (Å²) in [7, 11) is 1.55. The molecule has 0 spiro atoms. The molecule has 0 aliphatic carbocycles. The van der Waals surface area contributed by atoms with E-state index in [1.165, 1.54) is 12.1 Å². The van der Waals surface area contributed by atoms with Crippen LogP contribution in [0.2, 0.25) is 0 Å². The van der Waals surface area contributed by atoms with Crippen LogP contribution in [0.15, 0.2) is 27.2 Å². The smallest absolute Gasteiger partial charge is 0.172 e. The molecule has 0 amide bonds. The van der Waals surface area contributed by atoms with Crippen LogP contribution in [0.1, 0.15) is 20.8 Å². The lowest BCUT2D eigenvalue weighted by Crippen LogP contribution is -2.53. The lowest BCUT2D eigenvalue weighted by molar-refractivity contribution is 0.128. The lowest BCUT2D eigenvalue weighted by atomic mass is 10.0. The normalized spacial score (nSPS) is 16.3. The fraction of sp³-hybridized carbons (Fsp3) is 0.500. The number of aromatic nitrogens is 1. The van der Waals surface area contributed by atoms with E-state index in [-0.39, 0.29) is 11.4 Å². The van der Waals surface area contributed by atoms with Crippen LogP contribution in [0, 0.1) is 5.82 Å². The van der Waals surface area contributed by atoms with Gasteiger partial charge in [0.05, 0.1) is 17.1 Å². The zero-order valence-electron chi connectivity index (χ0n) is 15.0. The van der Waals surface area contributed by atoms with Gasteiger partial charge in [0.1, 0.15) is 11.6 Å². The summed E-state index contributed by atoms with van der Waals surface area (Å²) in [5.41, 5.74) is 0.712. The molecule has 2 heterocycles. The van der Waals surface area contributed by atoms with Crippen LogP contribution < -0.4 is 9.64 Å². The molecule has 7 heteroatoms. The van der Waals surface area contributed by atoms with Crippen LogP contribution >= 0.6 is 15.9 Å². The number of piperazine rings is 1. The maximum absolute atomic E-state index is 13.8. The minimum absolute atomic E-state index is 0.169. The van der Waals surface area contributed by atoms with E-state index in [9.17, 15) is 4.39 Å². The van der Waals surface area contributed by atoms with E-state index in [4.69, 9.17) is 9.26 Å². The molecule has 0 radical (unpaired) electrons. The van der Waals surface area contributed by atoms with Crippen molar-refractivity contribution in [1.29, 1.82) is 0 Å². The van der Waals surface area contributed by atoms with Crippen LogP contribution in [-0.2, 0) is 0 Å². The summed E-state index contributed by atoms with van der Waals surface area (Å²) in [5, 5.41) is 4.18. The van der Waals surface area contributed by atoms with Gasteiger partial charge < -0.3 is 14.2 Å². The lowest BCUT2D eigenvalue weighted by Gasteiger charge is -2.42. The molecule has 136 valence electrons. The first kappa shape index (κ1) is 18.2. The number of halogens is 2. The second kappa shape index (κ2) is 6.96. The summed E-state index contributed by atoms with van der Waals surface area (Å²) in [6, 6.07) is 4.60. The Morgan fingerprint density at radius 1 is 1.16 bits per heavy atom. The molecule has 0 N–H and O–H groups in total. The van der Waals surface area contributed by atoms with Crippen LogP contribution in [0.4, 0.5) is 10.2 Å². The van der Waals surface area contributed by atoms with E-state index in [0.29, 0.717) is 21.5 Å². The Kier molecular flexibility index (Phi) is 5.06. The van der Waals surface area contributed by atoms with Crippen molar-refractivity contribution in [2.75, 3.05) is 38.2 Å². The Bertz CT molecular complexity index is 749. The third-order valence-corrected chi connectivity index (χ3v) is 5.12. The van der Waals surface area contributed by atoms with E-state index in [0.717, 1.165) is 32.0 Å². The molecule has 3 rings (SSSR count). The fourth-order valence-electron chi connectivity index (χ4n) is 3.10. The molecule has 1 aliphatic heterocycles. The number of hydrogen-bond donors (Lipinski definition) is 0.